The van der Waals surface area contributed by atoms with Gasteiger partial charge >= 0.3 is 0 Å². The van der Waals surface area contributed by atoms with Crippen molar-refractivity contribution >= 4 is 12.0 Å². The molecule has 1 rings (SSSR count). The first kappa shape index (κ1) is 13.2. The Kier molecular flexibility index (Phi) is 4.71. The van der Waals surface area contributed by atoms with Crippen molar-refractivity contribution < 1.29 is 4.79 Å². The van der Waals surface area contributed by atoms with Crippen LogP contribution in [0, 0.1) is 18.3 Å². The number of benzene rings is 1. The minimum Gasteiger partial charge on any atom is -0.368 e. The lowest BCUT2D eigenvalue weighted by Gasteiger charge is -2.28. The fourth-order valence-electron chi connectivity index (χ4n) is 1.83. The Balaban J connectivity index is 2.99. The van der Waals surface area contributed by atoms with E-state index in [2.05, 4.69) is 24.8 Å². The second-order valence-corrected chi connectivity index (χ2v) is 4.35. The average molecular weight is 230 g/mol. The summed E-state index contributed by atoms with van der Waals surface area (Å²) in [7, 11) is 0. The number of carbonyl (C=O) groups excluding carboxylic acids is 1. The van der Waals surface area contributed by atoms with Gasteiger partial charge in [-0.05, 0) is 44.5 Å². The zero-order valence-electron chi connectivity index (χ0n) is 10.6. The summed E-state index contributed by atoms with van der Waals surface area (Å²) in [5.74, 6) is 0. The summed E-state index contributed by atoms with van der Waals surface area (Å²) in [6.07, 6.45) is 1.38. The fourth-order valence-corrected chi connectivity index (χ4v) is 1.83. The largest absolute Gasteiger partial charge is 0.368 e. The molecule has 1 aromatic carbocycles. The van der Waals surface area contributed by atoms with E-state index in [1.165, 1.54) is 0 Å². The summed E-state index contributed by atoms with van der Waals surface area (Å²) in [5.41, 5.74) is 2.76. The third-order valence-corrected chi connectivity index (χ3v) is 2.80. The predicted octanol–water partition coefficient (Wildman–Crippen LogP) is 2.94. The Bertz CT molecular complexity index is 432. The molecule has 0 aliphatic heterocycles. The van der Waals surface area contributed by atoms with Gasteiger partial charge in [0.15, 0.2) is 0 Å². The number of nitriles is 1. The normalized spacial score (nSPS) is 10.1. The standard InChI is InChI=1S/C14H18N2O/c1-11(2)16(8-4-7-15)14-6-5-13(10-17)12(3)9-14/h5-6,9-11H,4,8H2,1-3H3. The van der Waals surface area contributed by atoms with Crippen LogP contribution in [0.2, 0.25) is 0 Å². The molecule has 0 heterocycles. The number of aryl methyl sites for hydroxylation is 1. The molecule has 0 saturated heterocycles. The van der Waals surface area contributed by atoms with E-state index in [0.29, 0.717) is 19.0 Å². The van der Waals surface area contributed by atoms with Gasteiger partial charge in [0.25, 0.3) is 0 Å². The van der Waals surface area contributed by atoms with Gasteiger partial charge in [0.1, 0.15) is 6.29 Å². The van der Waals surface area contributed by atoms with Crippen molar-refractivity contribution in [3.63, 3.8) is 0 Å². The first-order valence-corrected chi connectivity index (χ1v) is 5.79. The van der Waals surface area contributed by atoms with E-state index in [0.717, 1.165) is 23.1 Å². The molecule has 0 radical (unpaired) electrons. The van der Waals surface area contributed by atoms with E-state index >= 15 is 0 Å². The highest BCUT2D eigenvalue weighted by Gasteiger charge is 2.11. The second-order valence-electron chi connectivity index (χ2n) is 4.35. The molecule has 0 aromatic heterocycles. The number of hydrogen-bond acceptors (Lipinski definition) is 3. The fraction of sp³-hybridized carbons (Fsp3) is 0.429. The molecule has 0 unspecified atom stereocenters. The van der Waals surface area contributed by atoms with Crippen molar-refractivity contribution in [2.24, 2.45) is 0 Å². The molecule has 0 aliphatic rings. The van der Waals surface area contributed by atoms with Crippen molar-refractivity contribution in [3.8, 4) is 6.07 Å². The number of rotatable bonds is 5. The minimum atomic E-state index is 0.338. The van der Waals surface area contributed by atoms with E-state index in [1.807, 2.05) is 25.1 Å². The molecule has 1 aromatic rings. The predicted molar refractivity (Wildman–Crippen MR) is 69.3 cm³/mol. The van der Waals surface area contributed by atoms with Crippen LogP contribution in [0.15, 0.2) is 18.2 Å². The Morgan fingerprint density at radius 2 is 2.18 bits per heavy atom. The summed E-state index contributed by atoms with van der Waals surface area (Å²) in [6.45, 7) is 6.84. The van der Waals surface area contributed by atoms with Crippen molar-refractivity contribution in [3.05, 3.63) is 29.3 Å². The molecular formula is C14H18N2O. The zero-order chi connectivity index (χ0) is 12.8. The van der Waals surface area contributed by atoms with Crippen molar-refractivity contribution in [2.45, 2.75) is 33.2 Å². The van der Waals surface area contributed by atoms with Crippen LogP contribution in [-0.2, 0) is 0 Å². The number of hydrogen-bond donors (Lipinski definition) is 0. The number of carbonyl (C=O) groups is 1. The van der Waals surface area contributed by atoms with Gasteiger partial charge in [0, 0.05) is 23.8 Å². The van der Waals surface area contributed by atoms with E-state index in [9.17, 15) is 4.79 Å². The molecule has 3 nitrogen and oxygen atoms in total. The molecule has 0 N–H and O–H groups in total. The summed E-state index contributed by atoms with van der Waals surface area (Å²) in [5, 5.41) is 8.66. The quantitative estimate of drug-likeness (QED) is 0.730. The van der Waals surface area contributed by atoms with Gasteiger partial charge in [0.2, 0.25) is 0 Å². The van der Waals surface area contributed by atoms with E-state index in [1.54, 1.807) is 0 Å². The number of nitrogens with zero attached hydrogens (tertiary/aromatic N) is 2. The molecule has 0 bridgehead atoms. The summed E-state index contributed by atoms with van der Waals surface area (Å²) in [4.78, 5) is 12.9. The molecule has 0 aliphatic carbocycles. The summed E-state index contributed by atoms with van der Waals surface area (Å²) in [6, 6.07) is 8.27. The van der Waals surface area contributed by atoms with Crippen LogP contribution in [0.4, 0.5) is 5.69 Å². The molecule has 0 spiro atoms. The van der Waals surface area contributed by atoms with Crippen LogP contribution in [0.1, 0.15) is 36.2 Å². The monoisotopic (exact) mass is 230 g/mol. The number of anilines is 1. The maximum Gasteiger partial charge on any atom is 0.150 e. The van der Waals surface area contributed by atoms with Gasteiger partial charge in [-0.25, -0.2) is 0 Å². The lowest BCUT2D eigenvalue weighted by atomic mass is 10.1. The van der Waals surface area contributed by atoms with Gasteiger partial charge in [-0.1, -0.05) is 0 Å². The zero-order valence-corrected chi connectivity index (χ0v) is 10.6. The average Bonchev–Trinajstić information content (AvgIpc) is 2.29. The Morgan fingerprint density at radius 1 is 1.47 bits per heavy atom. The highest BCUT2D eigenvalue weighted by molar-refractivity contribution is 5.78. The second kappa shape index (κ2) is 6.05. The Labute approximate surface area is 103 Å². The molecule has 90 valence electrons. The lowest BCUT2D eigenvalue weighted by molar-refractivity contribution is 0.112. The highest BCUT2D eigenvalue weighted by Crippen LogP contribution is 2.20. The SMILES string of the molecule is Cc1cc(N(CCC#N)C(C)C)ccc1C=O. The van der Waals surface area contributed by atoms with Crippen LogP contribution in [0.25, 0.3) is 0 Å². The van der Waals surface area contributed by atoms with Crippen molar-refractivity contribution in [2.75, 3.05) is 11.4 Å². The van der Waals surface area contributed by atoms with Crippen LogP contribution >= 0.6 is 0 Å². The molecule has 3 heteroatoms. The highest BCUT2D eigenvalue weighted by atomic mass is 16.1. The van der Waals surface area contributed by atoms with Crippen LogP contribution in [0.3, 0.4) is 0 Å². The van der Waals surface area contributed by atoms with Gasteiger partial charge in [-0.2, -0.15) is 5.26 Å². The molecule has 0 atom stereocenters. The van der Waals surface area contributed by atoms with Gasteiger partial charge in [-0.15, -0.1) is 0 Å². The summed E-state index contributed by atoms with van der Waals surface area (Å²) < 4.78 is 0. The number of aldehydes is 1. The Morgan fingerprint density at radius 3 is 2.65 bits per heavy atom. The van der Waals surface area contributed by atoms with Crippen LogP contribution in [0.5, 0.6) is 0 Å². The summed E-state index contributed by atoms with van der Waals surface area (Å²) >= 11 is 0. The first-order chi connectivity index (χ1) is 8.10. The molecular weight excluding hydrogens is 212 g/mol. The van der Waals surface area contributed by atoms with Gasteiger partial charge in [-0.3, -0.25) is 4.79 Å². The van der Waals surface area contributed by atoms with Crippen LogP contribution in [-0.4, -0.2) is 18.9 Å². The third-order valence-electron chi connectivity index (χ3n) is 2.80. The van der Waals surface area contributed by atoms with E-state index < -0.39 is 0 Å². The van der Waals surface area contributed by atoms with Gasteiger partial charge in [0.05, 0.1) is 12.5 Å². The topological polar surface area (TPSA) is 44.1 Å². The van der Waals surface area contributed by atoms with Crippen LogP contribution < -0.4 is 4.90 Å². The third kappa shape index (κ3) is 3.32. The smallest absolute Gasteiger partial charge is 0.150 e. The molecule has 0 fully saturated rings. The van der Waals surface area contributed by atoms with Crippen molar-refractivity contribution in [1.82, 2.24) is 0 Å². The maximum atomic E-state index is 10.8. The van der Waals surface area contributed by atoms with E-state index in [-0.39, 0.29) is 0 Å². The molecule has 0 saturated carbocycles. The minimum absolute atomic E-state index is 0.338. The lowest BCUT2D eigenvalue weighted by Crippen LogP contribution is -2.31. The molecule has 0 amide bonds. The molecule has 17 heavy (non-hydrogen) atoms. The van der Waals surface area contributed by atoms with E-state index in [4.69, 9.17) is 5.26 Å². The first-order valence-electron chi connectivity index (χ1n) is 5.79. The van der Waals surface area contributed by atoms with Gasteiger partial charge < -0.3 is 4.90 Å². The maximum absolute atomic E-state index is 10.8. The Hall–Kier alpha value is -1.82. The van der Waals surface area contributed by atoms with Crippen molar-refractivity contribution in [1.29, 1.82) is 5.26 Å².